The van der Waals surface area contributed by atoms with Crippen LogP contribution in [-0.4, -0.2) is 26.2 Å². The lowest BCUT2D eigenvalue weighted by Crippen LogP contribution is -2.41. The molecule has 0 spiro atoms. The van der Waals surface area contributed by atoms with Gasteiger partial charge in [0.2, 0.25) is 5.91 Å². The molecule has 0 saturated carbocycles. The molecule has 32 heavy (non-hydrogen) atoms. The highest BCUT2D eigenvalue weighted by Crippen LogP contribution is 2.43. The number of hydrogen-bond donors (Lipinski definition) is 0. The van der Waals surface area contributed by atoms with Gasteiger partial charge in [0.1, 0.15) is 5.75 Å². The summed E-state index contributed by atoms with van der Waals surface area (Å²) in [6.07, 6.45) is 0.302. The largest absolute Gasteiger partial charge is 0.497 e. The van der Waals surface area contributed by atoms with Crippen LogP contribution < -0.4 is 19.1 Å². The Kier molecular flexibility index (Phi) is 6.35. The second-order valence-electron chi connectivity index (χ2n) is 7.82. The highest BCUT2D eigenvalue weighted by atomic mass is 16.5. The van der Waals surface area contributed by atoms with Crippen LogP contribution in [0.4, 0.5) is 5.69 Å². The van der Waals surface area contributed by atoms with Crippen LogP contribution in [-0.2, 0) is 11.2 Å². The first-order valence-electron chi connectivity index (χ1n) is 11.0. The zero-order valence-corrected chi connectivity index (χ0v) is 19.1. The van der Waals surface area contributed by atoms with Crippen molar-refractivity contribution < 1.29 is 19.0 Å². The van der Waals surface area contributed by atoms with Gasteiger partial charge >= 0.3 is 0 Å². The number of hydrogen-bond acceptors (Lipinski definition) is 4. The van der Waals surface area contributed by atoms with Crippen molar-refractivity contribution in [2.75, 3.05) is 25.2 Å². The summed E-state index contributed by atoms with van der Waals surface area (Å²) in [7, 11) is 1.64. The lowest BCUT2D eigenvalue weighted by molar-refractivity contribution is -0.118. The molecular formula is C27H29NO4. The molecule has 5 heteroatoms. The summed E-state index contributed by atoms with van der Waals surface area (Å²) < 4.78 is 17.1. The fraction of sp³-hybridized carbons (Fsp3) is 0.296. The number of fused-ring (bicyclic) bond motifs is 1. The van der Waals surface area contributed by atoms with Crippen molar-refractivity contribution in [2.24, 2.45) is 0 Å². The predicted octanol–water partition coefficient (Wildman–Crippen LogP) is 5.48. The summed E-state index contributed by atoms with van der Waals surface area (Å²) in [5.41, 5.74) is 5.06. The number of benzene rings is 3. The summed E-state index contributed by atoms with van der Waals surface area (Å²) in [4.78, 5) is 15.4. The number of carbonyl (C=O) groups is 1. The van der Waals surface area contributed by atoms with Crippen molar-refractivity contribution >= 4 is 11.6 Å². The summed E-state index contributed by atoms with van der Waals surface area (Å²) in [5.74, 6) is 2.18. The summed E-state index contributed by atoms with van der Waals surface area (Å²) in [5, 5.41) is 0. The van der Waals surface area contributed by atoms with Crippen LogP contribution >= 0.6 is 0 Å². The van der Waals surface area contributed by atoms with Gasteiger partial charge in [-0.3, -0.25) is 4.79 Å². The van der Waals surface area contributed by atoms with E-state index in [2.05, 4.69) is 25.1 Å². The SMILES string of the molecule is CCOc1cc2c(cc1OCC)C(c1cccc(C)c1)N(c1ccc(OC)cc1)C(=O)C2. The molecule has 1 aliphatic rings. The van der Waals surface area contributed by atoms with Gasteiger partial charge in [0, 0.05) is 5.69 Å². The molecule has 1 atom stereocenters. The molecule has 0 aliphatic carbocycles. The van der Waals surface area contributed by atoms with Crippen LogP contribution in [0.1, 0.15) is 42.1 Å². The fourth-order valence-electron chi connectivity index (χ4n) is 4.30. The topological polar surface area (TPSA) is 48.0 Å². The maximum atomic E-state index is 13.5. The quantitative estimate of drug-likeness (QED) is 0.497. The summed E-state index contributed by atoms with van der Waals surface area (Å²) in [6.45, 7) is 7.04. The van der Waals surface area contributed by atoms with Gasteiger partial charge in [-0.25, -0.2) is 0 Å². The average molecular weight is 432 g/mol. The number of amides is 1. The molecule has 1 unspecified atom stereocenters. The molecule has 1 heterocycles. The highest BCUT2D eigenvalue weighted by molar-refractivity contribution is 5.98. The van der Waals surface area contributed by atoms with Gasteiger partial charge in [-0.2, -0.15) is 0 Å². The Morgan fingerprint density at radius 1 is 0.938 bits per heavy atom. The monoisotopic (exact) mass is 431 g/mol. The Morgan fingerprint density at radius 2 is 1.62 bits per heavy atom. The lowest BCUT2D eigenvalue weighted by Gasteiger charge is -2.38. The molecule has 0 aromatic heterocycles. The number of methoxy groups -OCH3 is 1. The standard InChI is InChI=1S/C27H29NO4/c1-5-31-24-15-20-16-26(29)28(21-10-12-22(30-4)13-11-21)27(19-9-7-8-18(3)14-19)23(20)17-25(24)32-6-2/h7-15,17,27H,5-6,16H2,1-4H3. The maximum absolute atomic E-state index is 13.5. The van der Waals surface area contributed by atoms with Crippen molar-refractivity contribution in [1.29, 1.82) is 0 Å². The van der Waals surface area contributed by atoms with E-state index in [1.807, 2.05) is 61.2 Å². The molecule has 1 amide bonds. The van der Waals surface area contributed by atoms with Crippen LogP contribution in [0.3, 0.4) is 0 Å². The zero-order chi connectivity index (χ0) is 22.7. The van der Waals surface area contributed by atoms with Gasteiger partial charge in [-0.15, -0.1) is 0 Å². The van der Waals surface area contributed by atoms with Gasteiger partial charge in [-0.1, -0.05) is 29.8 Å². The summed E-state index contributed by atoms with van der Waals surface area (Å²) >= 11 is 0. The Labute approximate surface area is 189 Å². The fourth-order valence-corrected chi connectivity index (χ4v) is 4.30. The molecule has 3 aromatic rings. The van der Waals surface area contributed by atoms with Crippen molar-refractivity contribution in [3.63, 3.8) is 0 Å². The van der Waals surface area contributed by atoms with E-state index in [-0.39, 0.29) is 11.9 Å². The van der Waals surface area contributed by atoms with Crippen LogP contribution in [0.5, 0.6) is 17.2 Å². The first-order valence-corrected chi connectivity index (χ1v) is 11.0. The lowest BCUT2D eigenvalue weighted by atomic mass is 9.86. The van der Waals surface area contributed by atoms with E-state index in [0.29, 0.717) is 31.1 Å². The van der Waals surface area contributed by atoms with Gasteiger partial charge in [0.25, 0.3) is 0 Å². The molecule has 4 rings (SSSR count). The smallest absolute Gasteiger partial charge is 0.232 e. The number of rotatable bonds is 7. The predicted molar refractivity (Wildman–Crippen MR) is 126 cm³/mol. The molecule has 3 aromatic carbocycles. The van der Waals surface area contributed by atoms with Gasteiger partial charge in [-0.05, 0) is 73.9 Å². The summed E-state index contributed by atoms with van der Waals surface area (Å²) in [6, 6.07) is 19.7. The van der Waals surface area contributed by atoms with E-state index in [1.165, 1.54) is 0 Å². The molecule has 0 radical (unpaired) electrons. The maximum Gasteiger partial charge on any atom is 0.232 e. The molecule has 0 N–H and O–H groups in total. The van der Waals surface area contributed by atoms with Crippen LogP contribution in [0.25, 0.3) is 0 Å². The first kappa shape index (κ1) is 21.8. The number of carbonyl (C=O) groups excluding carboxylic acids is 1. The van der Waals surface area contributed by atoms with E-state index in [0.717, 1.165) is 33.7 Å². The molecular weight excluding hydrogens is 402 g/mol. The van der Waals surface area contributed by atoms with E-state index in [9.17, 15) is 4.79 Å². The Hall–Kier alpha value is -3.47. The zero-order valence-electron chi connectivity index (χ0n) is 19.1. The highest BCUT2D eigenvalue weighted by Gasteiger charge is 2.36. The molecule has 0 saturated heterocycles. The minimum absolute atomic E-state index is 0.0424. The number of nitrogens with zero attached hydrogens (tertiary/aromatic N) is 1. The van der Waals surface area contributed by atoms with E-state index in [1.54, 1.807) is 7.11 Å². The molecule has 5 nitrogen and oxygen atoms in total. The molecule has 166 valence electrons. The van der Waals surface area contributed by atoms with Crippen LogP contribution in [0, 0.1) is 6.92 Å². The first-order chi connectivity index (χ1) is 15.5. The third kappa shape index (κ3) is 4.15. The molecule has 0 bridgehead atoms. The minimum atomic E-state index is -0.269. The van der Waals surface area contributed by atoms with Crippen molar-refractivity contribution in [3.05, 3.63) is 82.9 Å². The number of anilines is 1. The van der Waals surface area contributed by atoms with Crippen LogP contribution in [0.15, 0.2) is 60.7 Å². The second kappa shape index (κ2) is 9.35. The molecule has 0 fully saturated rings. The molecule has 1 aliphatic heterocycles. The van der Waals surface area contributed by atoms with Gasteiger partial charge < -0.3 is 19.1 Å². The van der Waals surface area contributed by atoms with Crippen molar-refractivity contribution in [2.45, 2.75) is 33.2 Å². The Bertz CT molecular complexity index is 1110. The average Bonchev–Trinajstić information content (AvgIpc) is 2.79. The third-order valence-electron chi connectivity index (χ3n) is 5.68. The number of ether oxygens (including phenoxy) is 3. The van der Waals surface area contributed by atoms with E-state index in [4.69, 9.17) is 14.2 Å². The normalized spacial score (nSPS) is 15.3. The van der Waals surface area contributed by atoms with Gasteiger partial charge in [0.05, 0.1) is 32.8 Å². The van der Waals surface area contributed by atoms with Crippen molar-refractivity contribution in [1.82, 2.24) is 0 Å². The van der Waals surface area contributed by atoms with Crippen LogP contribution in [0.2, 0.25) is 0 Å². The van der Waals surface area contributed by atoms with E-state index < -0.39 is 0 Å². The third-order valence-corrected chi connectivity index (χ3v) is 5.68. The minimum Gasteiger partial charge on any atom is -0.497 e. The van der Waals surface area contributed by atoms with Crippen molar-refractivity contribution in [3.8, 4) is 17.2 Å². The second-order valence-corrected chi connectivity index (χ2v) is 7.82. The Morgan fingerprint density at radius 3 is 2.25 bits per heavy atom. The van der Waals surface area contributed by atoms with Gasteiger partial charge in [0.15, 0.2) is 11.5 Å². The Balaban J connectivity index is 1.91. The number of aryl methyl sites for hydroxylation is 1. The van der Waals surface area contributed by atoms with E-state index >= 15 is 0 Å².